The number of rotatable bonds is 1. The fraction of sp³-hybridized carbons (Fsp3) is 0.385. The lowest BCUT2D eigenvalue weighted by atomic mass is 10.00. The third-order valence-electron chi connectivity index (χ3n) is 2.88. The molecule has 0 saturated carbocycles. The lowest BCUT2D eigenvalue weighted by molar-refractivity contribution is 0.849. The molecule has 0 bridgehead atoms. The molecule has 0 N–H and O–H groups in total. The molecule has 0 fully saturated rings. The van der Waals surface area contributed by atoms with Gasteiger partial charge in [0.1, 0.15) is 0 Å². The second kappa shape index (κ2) is 4.22. The molecule has 0 amide bonds. The molecule has 1 aromatic rings. The lowest BCUT2D eigenvalue weighted by Crippen LogP contribution is -1.92. The molecule has 0 aromatic heterocycles. The van der Waals surface area contributed by atoms with Crippen LogP contribution in [0.25, 0.3) is 6.08 Å². The van der Waals surface area contributed by atoms with Crippen LogP contribution in [-0.4, -0.2) is 6.26 Å². The summed E-state index contributed by atoms with van der Waals surface area (Å²) in [4.78, 5) is 1.41. The predicted octanol–water partition coefficient (Wildman–Crippen LogP) is 4.07. The molecule has 1 aliphatic carbocycles. The van der Waals surface area contributed by atoms with Gasteiger partial charge in [-0.25, -0.2) is 0 Å². The molecule has 0 unspecified atom stereocenters. The minimum atomic E-state index is 1.22. The van der Waals surface area contributed by atoms with E-state index < -0.39 is 0 Å². The monoisotopic (exact) mass is 204 g/mol. The summed E-state index contributed by atoms with van der Waals surface area (Å²) in [5.74, 6) is 0. The highest BCUT2D eigenvalue weighted by atomic mass is 32.2. The average molecular weight is 204 g/mol. The molecule has 1 heteroatoms. The Morgan fingerprint density at radius 2 is 2.14 bits per heavy atom. The van der Waals surface area contributed by atoms with Gasteiger partial charge < -0.3 is 0 Å². The number of hydrogen-bond acceptors (Lipinski definition) is 1. The van der Waals surface area contributed by atoms with E-state index in [0.717, 1.165) is 0 Å². The highest BCUT2D eigenvalue weighted by molar-refractivity contribution is 7.98. The molecule has 0 nitrogen and oxygen atoms in total. The first kappa shape index (κ1) is 9.85. The van der Waals surface area contributed by atoms with Crippen molar-refractivity contribution in [2.45, 2.75) is 31.1 Å². The number of hydrogen-bond donors (Lipinski definition) is 0. The van der Waals surface area contributed by atoms with Crippen LogP contribution in [0.3, 0.4) is 0 Å². The SMILES string of the molecule is CSc1ccc2c(c1C)C=CCCC2. The quantitative estimate of drug-likeness (QED) is 0.621. The summed E-state index contributed by atoms with van der Waals surface area (Å²) in [6.45, 7) is 2.24. The largest absolute Gasteiger partial charge is 0.129 e. The van der Waals surface area contributed by atoms with Gasteiger partial charge in [0.2, 0.25) is 0 Å². The Labute approximate surface area is 90.4 Å². The van der Waals surface area contributed by atoms with Crippen LogP contribution in [0, 0.1) is 6.92 Å². The zero-order valence-corrected chi connectivity index (χ0v) is 9.66. The first-order chi connectivity index (χ1) is 6.83. The van der Waals surface area contributed by atoms with Crippen LogP contribution in [-0.2, 0) is 6.42 Å². The second-order valence-corrected chi connectivity index (χ2v) is 4.61. The lowest BCUT2D eigenvalue weighted by Gasteiger charge is -2.10. The molecule has 0 atom stereocenters. The van der Waals surface area contributed by atoms with E-state index in [2.05, 4.69) is 37.5 Å². The summed E-state index contributed by atoms with van der Waals surface area (Å²) in [6, 6.07) is 4.56. The zero-order chi connectivity index (χ0) is 9.97. The van der Waals surface area contributed by atoms with Crippen molar-refractivity contribution in [3.8, 4) is 0 Å². The minimum absolute atomic E-state index is 1.22. The summed E-state index contributed by atoms with van der Waals surface area (Å²) in [7, 11) is 0. The van der Waals surface area contributed by atoms with Crippen LogP contribution in [0.1, 0.15) is 29.5 Å². The second-order valence-electron chi connectivity index (χ2n) is 3.76. The van der Waals surface area contributed by atoms with Crippen LogP contribution < -0.4 is 0 Å². The predicted molar refractivity (Wildman–Crippen MR) is 64.9 cm³/mol. The molecule has 0 spiro atoms. The van der Waals surface area contributed by atoms with Gasteiger partial charge in [0, 0.05) is 4.90 Å². The van der Waals surface area contributed by atoms with Crippen molar-refractivity contribution in [3.05, 3.63) is 34.9 Å². The van der Waals surface area contributed by atoms with E-state index in [1.807, 2.05) is 11.8 Å². The van der Waals surface area contributed by atoms with E-state index in [0.29, 0.717) is 0 Å². The van der Waals surface area contributed by atoms with Gasteiger partial charge in [-0.1, -0.05) is 18.2 Å². The Morgan fingerprint density at radius 3 is 2.93 bits per heavy atom. The van der Waals surface area contributed by atoms with Gasteiger partial charge in [-0.3, -0.25) is 0 Å². The molecule has 0 saturated heterocycles. The zero-order valence-electron chi connectivity index (χ0n) is 8.84. The van der Waals surface area contributed by atoms with Crippen molar-refractivity contribution in [1.29, 1.82) is 0 Å². The fourth-order valence-corrected chi connectivity index (χ4v) is 2.67. The Kier molecular flexibility index (Phi) is 2.97. The van der Waals surface area contributed by atoms with Gasteiger partial charge in [-0.2, -0.15) is 0 Å². The topological polar surface area (TPSA) is 0 Å². The molecule has 1 aliphatic rings. The van der Waals surface area contributed by atoms with E-state index in [1.165, 1.54) is 40.8 Å². The van der Waals surface area contributed by atoms with Gasteiger partial charge in [-0.15, -0.1) is 11.8 Å². The van der Waals surface area contributed by atoms with Gasteiger partial charge in [0.25, 0.3) is 0 Å². The molecule has 0 heterocycles. The van der Waals surface area contributed by atoms with Crippen molar-refractivity contribution in [2.75, 3.05) is 6.26 Å². The summed E-state index contributed by atoms with van der Waals surface area (Å²) < 4.78 is 0. The maximum absolute atomic E-state index is 2.31. The van der Waals surface area contributed by atoms with Crippen molar-refractivity contribution in [1.82, 2.24) is 0 Å². The summed E-state index contributed by atoms with van der Waals surface area (Å²) in [5, 5.41) is 0. The van der Waals surface area contributed by atoms with Crippen molar-refractivity contribution < 1.29 is 0 Å². The first-order valence-corrected chi connectivity index (χ1v) is 6.38. The number of allylic oxidation sites excluding steroid dienone is 1. The standard InChI is InChI=1S/C13H16S/c1-10-12-7-5-3-4-6-11(12)8-9-13(10)14-2/h5,7-9H,3-4,6H2,1-2H3. The number of thioether (sulfide) groups is 1. The van der Waals surface area contributed by atoms with Crippen LogP contribution in [0.4, 0.5) is 0 Å². The van der Waals surface area contributed by atoms with Crippen molar-refractivity contribution in [2.24, 2.45) is 0 Å². The minimum Gasteiger partial charge on any atom is -0.129 e. The normalized spacial score (nSPS) is 15.0. The average Bonchev–Trinajstić information content (AvgIpc) is 2.44. The van der Waals surface area contributed by atoms with Crippen LogP contribution in [0.5, 0.6) is 0 Å². The van der Waals surface area contributed by atoms with Crippen LogP contribution >= 0.6 is 11.8 Å². The van der Waals surface area contributed by atoms with Crippen molar-refractivity contribution >= 4 is 17.8 Å². The number of fused-ring (bicyclic) bond motifs is 1. The van der Waals surface area contributed by atoms with Crippen molar-refractivity contribution in [3.63, 3.8) is 0 Å². The van der Waals surface area contributed by atoms with Gasteiger partial charge in [0.05, 0.1) is 0 Å². The van der Waals surface area contributed by atoms with Crippen LogP contribution in [0.15, 0.2) is 23.1 Å². The highest BCUT2D eigenvalue weighted by Crippen LogP contribution is 2.29. The third-order valence-corrected chi connectivity index (χ3v) is 3.76. The molecular weight excluding hydrogens is 188 g/mol. The first-order valence-electron chi connectivity index (χ1n) is 5.16. The Hall–Kier alpha value is -0.690. The molecule has 74 valence electrons. The Balaban J connectivity index is 2.54. The maximum Gasteiger partial charge on any atom is 0.0104 e. The smallest absolute Gasteiger partial charge is 0.0104 e. The summed E-state index contributed by atoms with van der Waals surface area (Å²) >= 11 is 1.84. The summed E-state index contributed by atoms with van der Waals surface area (Å²) in [6.07, 6.45) is 10.5. The fourth-order valence-electron chi connectivity index (χ4n) is 2.05. The van der Waals surface area contributed by atoms with E-state index in [9.17, 15) is 0 Å². The molecule has 1 aromatic carbocycles. The maximum atomic E-state index is 2.31. The molecule has 14 heavy (non-hydrogen) atoms. The molecule has 2 rings (SSSR count). The van der Waals surface area contributed by atoms with Gasteiger partial charge >= 0.3 is 0 Å². The van der Waals surface area contributed by atoms with E-state index >= 15 is 0 Å². The molecular formula is C13H16S. The van der Waals surface area contributed by atoms with E-state index in [-0.39, 0.29) is 0 Å². The van der Waals surface area contributed by atoms with Crippen LogP contribution in [0.2, 0.25) is 0 Å². The number of aryl methyl sites for hydroxylation is 1. The van der Waals surface area contributed by atoms with E-state index in [4.69, 9.17) is 0 Å². The highest BCUT2D eigenvalue weighted by Gasteiger charge is 2.08. The Bertz CT molecular complexity index is 364. The Morgan fingerprint density at radius 1 is 1.29 bits per heavy atom. The van der Waals surface area contributed by atoms with Gasteiger partial charge in [0.15, 0.2) is 0 Å². The number of benzene rings is 1. The molecule has 0 aliphatic heterocycles. The van der Waals surface area contributed by atoms with Gasteiger partial charge in [-0.05, 0) is 55.2 Å². The summed E-state index contributed by atoms with van der Waals surface area (Å²) in [5.41, 5.74) is 4.44. The third kappa shape index (κ3) is 1.74. The van der Waals surface area contributed by atoms with E-state index in [1.54, 1.807) is 0 Å². The molecule has 0 radical (unpaired) electrons.